The summed E-state index contributed by atoms with van der Waals surface area (Å²) in [4.78, 5) is 14.3. The molecular formula is C12H21NO5S. The van der Waals surface area contributed by atoms with E-state index < -0.39 is 22.1 Å². The molecular weight excluding hydrogens is 270 g/mol. The average Bonchev–Trinajstić information content (AvgIpc) is 2.53. The fourth-order valence-corrected chi connectivity index (χ4v) is 3.94. The molecule has 6 nitrogen and oxygen atoms in total. The fourth-order valence-electron chi connectivity index (χ4n) is 3.29. The van der Waals surface area contributed by atoms with Gasteiger partial charge in [0.1, 0.15) is 0 Å². The van der Waals surface area contributed by atoms with Gasteiger partial charge in [-0.05, 0) is 33.2 Å². The summed E-state index contributed by atoms with van der Waals surface area (Å²) in [5.41, 5.74) is 0. The molecule has 2 aliphatic rings. The van der Waals surface area contributed by atoms with Gasteiger partial charge in [0.2, 0.25) is 0 Å². The predicted molar refractivity (Wildman–Crippen MR) is 69.0 cm³/mol. The Balaban J connectivity index is 2.22. The average molecular weight is 291 g/mol. The van der Waals surface area contributed by atoms with Gasteiger partial charge in [0.05, 0.1) is 24.9 Å². The lowest BCUT2D eigenvalue weighted by atomic mass is 9.88. The molecule has 110 valence electrons. The van der Waals surface area contributed by atoms with Crippen LogP contribution in [0.2, 0.25) is 0 Å². The van der Waals surface area contributed by atoms with Crippen LogP contribution < -0.4 is 0 Å². The van der Waals surface area contributed by atoms with E-state index in [1.807, 2.05) is 7.05 Å². The first-order valence-corrected chi connectivity index (χ1v) is 8.42. The molecule has 0 radical (unpaired) electrons. The summed E-state index contributed by atoms with van der Waals surface area (Å²) in [5.74, 6) is -0.869. The molecule has 19 heavy (non-hydrogen) atoms. The fraction of sp³-hybridized carbons (Fsp3) is 0.917. The zero-order valence-corrected chi connectivity index (χ0v) is 12.4. The molecule has 2 aliphatic heterocycles. The van der Waals surface area contributed by atoms with Crippen LogP contribution in [0.25, 0.3) is 0 Å². The molecule has 2 saturated heterocycles. The molecule has 0 amide bonds. The first-order chi connectivity index (χ1) is 8.83. The van der Waals surface area contributed by atoms with E-state index in [2.05, 4.69) is 4.90 Å². The molecule has 2 fully saturated rings. The van der Waals surface area contributed by atoms with E-state index in [9.17, 15) is 13.2 Å². The van der Waals surface area contributed by atoms with Gasteiger partial charge in [0.15, 0.2) is 0 Å². The highest BCUT2D eigenvalue weighted by atomic mass is 32.2. The standard InChI is InChI=1S/C12H21NO5S/c1-4-17-12(14)11-9-6-5-8(13(9)2)7-10(11)18-19(3,15)16/h8-11H,4-7H2,1-3H3/t8?,9-,10?,11?/m0/s1. The van der Waals surface area contributed by atoms with Crippen LogP contribution in [0.3, 0.4) is 0 Å². The minimum Gasteiger partial charge on any atom is -0.466 e. The highest BCUT2D eigenvalue weighted by Crippen LogP contribution is 2.40. The molecule has 0 aliphatic carbocycles. The van der Waals surface area contributed by atoms with E-state index in [1.54, 1.807) is 6.92 Å². The van der Waals surface area contributed by atoms with Crippen LogP contribution in [-0.2, 0) is 23.8 Å². The monoisotopic (exact) mass is 291 g/mol. The molecule has 7 heteroatoms. The third kappa shape index (κ3) is 3.09. The SMILES string of the molecule is CCOC(=O)C1C(OS(C)(=O)=O)CC2CC[C@@H]1N2C. The maximum Gasteiger partial charge on any atom is 0.313 e. The number of carbonyl (C=O) groups is 1. The summed E-state index contributed by atoms with van der Waals surface area (Å²) in [7, 11) is -1.59. The number of rotatable bonds is 4. The second-order valence-electron chi connectivity index (χ2n) is 5.32. The van der Waals surface area contributed by atoms with Crippen LogP contribution >= 0.6 is 0 Å². The van der Waals surface area contributed by atoms with Crippen molar-refractivity contribution in [1.82, 2.24) is 4.90 Å². The Morgan fingerprint density at radius 2 is 2.05 bits per heavy atom. The Kier molecular flexibility index (Phi) is 4.17. The van der Waals surface area contributed by atoms with Crippen molar-refractivity contribution in [3.05, 3.63) is 0 Å². The van der Waals surface area contributed by atoms with Crippen molar-refractivity contribution in [1.29, 1.82) is 0 Å². The third-order valence-electron chi connectivity index (χ3n) is 4.07. The minimum atomic E-state index is -3.57. The highest BCUT2D eigenvalue weighted by molar-refractivity contribution is 7.86. The summed E-state index contributed by atoms with van der Waals surface area (Å²) in [6, 6.07) is 0.312. The van der Waals surface area contributed by atoms with E-state index in [0.717, 1.165) is 19.1 Å². The molecule has 2 heterocycles. The van der Waals surface area contributed by atoms with Crippen molar-refractivity contribution >= 4 is 16.1 Å². The Morgan fingerprint density at radius 3 is 2.63 bits per heavy atom. The largest absolute Gasteiger partial charge is 0.466 e. The van der Waals surface area contributed by atoms with Gasteiger partial charge in [-0.25, -0.2) is 0 Å². The van der Waals surface area contributed by atoms with Crippen molar-refractivity contribution < 1.29 is 22.1 Å². The van der Waals surface area contributed by atoms with Gasteiger partial charge in [-0.1, -0.05) is 0 Å². The molecule has 4 atom stereocenters. The van der Waals surface area contributed by atoms with Crippen LogP contribution in [0, 0.1) is 5.92 Å². The molecule has 0 aromatic heterocycles. The van der Waals surface area contributed by atoms with Crippen molar-refractivity contribution in [3.8, 4) is 0 Å². The third-order valence-corrected chi connectivity index (χ3v) is 4.67. The first kappa shape index (κ1) is 14.7. The Hall–Kier alpha value is -0.660. The van der Waals surface area contributed by atoms with E-state index in [-0.39, 0.29) is 12.0 Å². The van der Waals surface area contributed by atoms with E-state index >= 15 is 0 Å². The number of nitrogens with zero attached hydrogens (tertiary/aromatic N) is 1. The lowest BCUT2D eigenvalue weighted by Crippen LogP contribution is -2.53. The molecule has 0 aromatic rings. The number of esters is 1. The number of fused-ring (bicyclic) bond motifs is 2. The van der Waals surface area contributed by atoms with Gasteiger partial charge < -0.3 is 4.74 Å². The molecule has 2 bridgehead atoms. The Morgan fingerprint density at radius 1 is 1.37 bits per heavy atom. The van der Waals surface area contributed by atoms with Crippen molar-refractivity contribution in [2.24, 2.45) is 5.92 Å². The van der Waals surface area contributed by atoms with E-state index in [1.165, 1.54) is 0 Å². The second kappa shape index (κ2) is 5.38. The zero-order chi connectivity index (χ0) is 14.2. The van der Waals surface area contributed by atoms with Crippen LogP contribution in [0.5, 0.6) is 0 Å². The summed E-state index contributed by atoms with van der Waals surface area (Å²) >= 11 is 0. The second-order valence-corrected chi connectivity index (χ2v) is 6.92. The van der Waals surface area contributed by atoms with Crippen molar-refractivity contribution in [2.45, 2.75) is 44.4 Å². The number of piperidine rings is 1. The summed E-state index contributed by atoms with van der Waals surface area (Å²) < 4.78 is 32.9. The molecule has 2 rings (SSSR count). The summed E-state index contributed by atoms with van der Waals surface area (Å²) in [5, 5.41) is 0. The first-order valence-electron chi connectivity index (χ1n) is 6.60. The van der Waals surface area contributed by atoms with E-state index in [4.69, 9.17) is 8.92 Å². The number of ether oxygens (including phenoxy) is 1. The van der Waals surface area contributed by atoms with Crippen molar-refractivity contribution in [3.63, 3.8) is 0 Å². The van der Waals surface area contributed by atoms with Gasteiger partial charge in [0.25, 0.3) is 10.1 Å². The van der Waals surface area contributed by atoms with Gasteiger partial charge in [-0.2, -0.15) is 8.42 Å². The van der Waals surface area contributed by atoms with Gasteiger partial charge in [0, 0.05) is 12.1 Å². The number of carbonyl (C=O) groups excluding carboxylic acids is 1. The smallest absolute Gasteiger partial charge is 0.313 e. The summed E-state index contributed by atoms with van der Waals surface area (Å²) in [6.45, 7) is 2.04. The highest BCUT2D eigenvalue weighted by Gasteiger charge is 2.50. The molecule has 0 saturated carbocycles. The minimum absolute atomic E-state index is 0.0181. The Labute approximate surface area is 114 Å². The maximum atomic E-state index is 12.1. The van der Waals surface area contributed by atoms with Gasteiger partial charge in [-0.15, -0.1) is 0 Å². The quantitative estimate of drug-likeness (QED) is 0.550. The van der Waals surface area contributed by atoms with E-state index in [0.29, 0.717) is 19.1 Å². The normalized spacial score (nSPS) is 35.3. The van der Waals surface area contributed by atoms with Crippen LogP contribution in [0.4, 0.5) is 0 Å². The Bertz CT molecular complexity index is 449. The van der Waals surface area contributed by atoms with Gasteiger partial charge in [-0.3, -0.25) is 13.9 Å². The lowest BCUT2D eigenvalue weighted by molar-refractivity contribution is -0.156. The topological polar surface area (TPSA) is 72.9 Å². The maximum absolute atomic E-state index is 12.1. The summed E-state index contributed by atoms with van der Waals surface area (Å²) in [6.07, 6.45) is 2.84. The molecule has 0 aromatic carbocycles. The van der Waals surface area contributed by atoms with Crippen LogP contribution in [-0.4, -0.2) is 57.4 Å². The van der Waals surface area contributed by atoms with Crippen LogP contribution in [0.1, 0.15) is 26.2 Å². The number of hydrogen-bond acceptors (Lipinski definition) is 6. The molecule has 0 N–H and O–H groups in total. The van der Waals surface area contributed by atoms with Crippen LogP contribution in [0.15, 0.2) is 0 Å². The lowest BCUT2D eigenvalue weighted by Gasteiger charge is -2.40. The van der Waals surface area contributed by atoms with Crippen molar-refractivity contribution in [2.75, 3.05) is 19.9 Å². The molecule has 3 unspecified atom stereocenters. The zero-order valence-electron chi connectivity index (χ0n) is 11.5. The predicted octanol–water partition coefficient (Wildman–Crippen LogP) is 0.377. The molecule has 0 spiro atoms. The number of hydrogen-bond donors (Lipinski definition) is 0. The van der Waals surface area contributed by atoms with Gasteiger partial charge >= 0.3 is 5.97 Å².